The Labute approximate surface area is 194 Å². The van der Waals surface area contributed by atoms with Gasteiger partial charge in [-0.3, -0.25) is 0 Å². The molecule has 1 rings (SSSR count). The van der Waals surface area contributed by atoms with Crippen molar-refractivity contribution in [2.75, 3.05) is 26.4 Å². The van der Waals surface area contributed by atoms with Crippen molar-refractivity contribution in [3.8, 4) is 5.75 Å². The molecular weight excluding hydrogens is 408 g/mol. The van der Waals surface area contributed by atoms with Crippen LogP contribution in [0.5, 0.6) is 5.75 Å². The van der Waals surface area contributed by atoms with Gasteiger partial charge in [0, 0.05) is 44.5 Å². The molecule has 1 unspecified atom stereocenters. The van der Waals surface area contributed by atoms with Gasteiger partial charge in [0.1, 0.15) is 5.75 Å². The number of hydrogen-bond donors (Lipinski definition) is 0. The molecule has 0 saturated carbocycles. The lowest BCUT2D eigenvalue weighted by molar-refractivity contribution is -0.380. The lowest BCUT2D eigenvalue weighted by atomic mass is 10.0. The summed E-state index contributed by atoms with van der Waals surface area (Å²) in [5, 5.41) is 0. The molecule has 0 aliphatic heterocycles. The highest BCUT2D eigenvalue weighted by molar-refractivity contribution is 5.83. The fourth-order valence-electron chi connectivity index (χ4n) is 3.72. The van der Waals surface area contributed by atoms with Crippen LogP contribution in [-0.4, -0.2) is 38.4 Å². The van der Waals surface area contributed by atoms with Gasteiger partial charge in [-0.25, -0.2) is 4.79 Å². The highest BCUT2D eigenvalue weighted by atomic mass is 16.9. The maximum absolute atomic E-state index is 11.7. The van der Waals surface area contributed by atoms with Crippen molar-refractivity contribution < 1.29 is 28.5 Å². The van der Waals surface area contributed by atoms with Crippen LogP contribution in [0.1, 0.15) is 84.3 Å². The number of para-hydroxylation sites is 1. The van der Waals surface area contributed by atoms with Crippen LogP contribution in [0.15, 0.2) is 36.9 Å². The highest BCUT2D eigenvalue weighted by Crippen LogP contribution is 2.32. The molecule has 0 spiro atoms. The normalized spacial score (nSPS) is 12.5. The zero-order chi connectivity index (χ0) is 23.7. The van der Waals surface area contributed by atoms with Gasteiger partial charge in [-0.1, -0.05) is 50.5 Å². The molecule has 0 bridgehead atoms. The fraction of sp³-hybridized carbons (Fsp3) is 0.654. The van der Waals surface area contributed by atoms with E-state index in [1.54, 1.807) is 6.07 Å². The van der Waals surface area contributed by atoms with Crippen molar-refractivity contribution in [3.05, 3.63) is 42.5 Å². The Kier molecular flexibility index (Phi) is 14.9. The standard InChI is InChI=1S/C26H42O6/c1-6-25(27)32-24-20-16-15-18-22(24)23(28-7-2)19-14-12-11-13-17-21-26(29-8-3,30-9-4)31-10-5/h6,15-16,18,20,23H,1,7-14,17,19,21H2,2-5H3. The highest BCUT2D eigenvalue weighted by Gasteiger charge is 2.31. The molecule has 0 amide bonds. The van der Waals surface area contributed by atoms with Crippen molar-refractivity contribution in [3.63, 3.8) is 0 Å². The third-order valence-corrected chi connectivity index (χ3v) is 5.05. The Bertz CT molecular complexity index is 628. The second kappa shape index (κ2) is 16.8. The van der Waals surface area contributed by atoms with Crippen LogP contribution < -0.4 is 4.74 Å². The second-order valence-electron chi connectivity index (χ2n) is 7.40. The smallest absolute Gasteiger partial charge is 0.335 e. The van der Waals surface area contributed by atoms with Crippen molar-refractivity contribution >= 4 is 5.97 Å². The van der Waals surface area contributed by atoms with Crippen LogP contribution in [0, 0.1) is 0 Å². The molecule has 0 radical (unpaired) electrons. The molecule has 6 nitrogen and oxygen atoms in total. The number of carbonyl (C=O) groups excluding carboxylic acids is 1. The summed E-state index contributed by atoms with van der Waals surface area (Å²) in [6.07, 6.45) is 7.98. The molecule has 0 aliphatic rings. The van der Waals surface area contributed by atoms with Gasteiger partial charge in [0.25, 0.3) is 5.97 Å². The Morgan fingerprint density at radius 1 is 0.906 bits per heavy atom. The van der Waals surface area contributed by atoms with Crippen molar-refractivity contribution in [2.24, 2.45) is 0 Å². The molecule has 1 aromatic rings. The second-order valence-corrected chi connectivity index (χ2v) is 7.40. The number of unbranched alkanes of at least 4 members (excludes halogenated alkanes) is 4. The maximum atomic E-state index is 11.7. The summed E-state index contributed by atoms with van der Waals surface area (Å²) in [5.41, 5.74) is 0.902. The number of benzene rings is 1. The van der Waals surface area contributed by atoms with Crippen LogP contribution in [-0.2, 0) is 23.7 Å². The van der Waals surface area contributed by atoms with Crippen LogP contribution in [0.4, 0.5) is 0 Å². The van der Waals surface area contributed by atoms with Crippen LogP contribution in [0.3, 0.4) is 0 Å². The van der Waals surface area contributed by atoms with E-state index < -0.39 is 11.9 Å². The minimum Gasteiger partial charge on any atom is -0.423 e. The van der Waals surface area contributed by atoms with E-state index in [2.05, 4.69) is 6.58 Å². The SMILES string of the molecule is C=CC(=O)Oc1ccccc1C(CCCCCCCC(OCC)(OCC)OCC)OCC. The average molecular weight is 451 g/mol. The molecule has 0 aromatic heterocycles. The lowest BCUT2D eigenvalue weighted by Gasteiger charge is -2.32. The summed E-state index contributed by atoms with van der Waals surface area (Å²) in [6.45, 7) is 13.6. The van der Waals surface area contributed by atoms with Crippen molar-refractivity contribution in [2.45, 2.75) is 84.7 Å². The first-order chi connectivity index (χ1) is 15.6. The molecule has 0 heterocycles. The van der Waals surface area contributed by atoms with Gasteiger partial charge in [0.15, 0.2) is 0 Å². The number of carbonyl (C=O) groups is 1. The Balaban J connectivity index is 2.50. The van der Waals surface area contributed by atoms with Gasteiger partial charge in [0.05, 0.1) is 6.10 Å². The monoisotopic (exact) mass is 450 g/mol. The maximum Gasteiger partial charge on any atom is 0.335 e. The van der Waals surface area contributed by atoms with E-state index in [-0.39, 0.29) is 6.10 Å². The number of rotatable bonds is 19. The summed E-state index contributed by atoms with van der Waals surface area (Å²) >= 11 is 0. The first kappa shape index (κ1) is 28.3. The van der Waals surface area contributed by atoms with Crippen molar-refractivity contribution in [1.82, 2.24) is 0 Å². The molecule has 0 saturated heterocycles. The summed E-state index contributed by atoms with van der Waals surface area (Å²) in [7, 11) is 0. The largest absolute Gasteiger partial charge is 0.423 e. The predicted octanol–water partition coefficient (Wildman–Crippen LogP) is 6.35. The molecule has 0 aliphatic carbocycles. The zero-order valence-corrected chi connectivity index (χ0v) is 20.4. The van der Waals surface area contributed by atoms with Crippen molar-refractivity contribution in [1.29, 1.82) is 0 Å². The number of esters is 1. The minimum absolute atomic E-state index is 0.102. The number of hydrogen-bond acceptors (Lipinski definition) is 6. The molecular formula is C26H42O6. The Morgan fingerprint density at radius 3 is 2.09 bits per heavy atom. The van der Waals surface area contributed by atoms with Gasteiger partial charge in [-0.15, -0.1) is 0 Å². The van der Waals surface area contributed by atoms with E-state index in [1.165, 1.54) is 6.08 Å². The molecule has 1 aromatic carbocycles. The average Bonchev–Trinajstić information content (AvgIpc) is 2.78. The van der Waals surface area contributed by atoms with E-state index in [9.17, 15) is 4.79 Å². The van der Waals surface area contributed by atoms with E-state index >= 15 is 0 Å². The lowest BCUT2D eigenvalue weighted by Crippen LogP contribution is -2.39. The predicted molar refractivity (Wildman–Crippen MR) is 127 cm³/mol. The molecule has 0 fully saturated rings. The molecule has 32 heavy (non-hydrogen) atoms. The third kappa shape index (κ3) is 10.3. The zero-order valence-electron chi connectivity index (χ0n) is 20.4. The van der Waals surface area contributed by atoms with Crippen LogP contribution in [0.25, 0.3) is 0 Å². The van der Waals surface area contributed by atoms with E-state index in [0.717, 1.165) is 50.5 Å². The summed E-state index contributed by atoms with van der Waals surface area (Å²) in [5.74, 6) is -0.838. The summed E-state index contributed by atoms with van der Waals surface area (Å²) in [6, 6.07) is 7.55. The van der Waals surface area contributed by atoms with E-state index in [0.29, 0.717) is 32.2 Å². The van der Waals surface area contributed by atoms with Gasteiger partial charge >= 0.3 is 5.97 Å². The number of ether oxygens (including phenoxy) is 5. The first-order valence-corrected chi connectivity index (χ1v) is 12.0. The third-order valence-electron chi connectivity index (χ3n) is 5.05. The van der Waals surface area contributed by atoms with E-state index in [1.807, 2.05) is 45.9 Å². The van der Waals surface area contributed by atoms with Gasteiger partial charge in [-0.2, -0.15) is 0 Å². The van der Waals surface area contributed by atoms with Crippen LogP contribution in [0.2, 0.25) is 0 Å². The fourth-order valence-corrected chi connectivity index (χ4v) is 3.72. The molecule has 6 heteroatoms. The Morgan fingerprint density at radius 2 is 1.50 bits per heavy atom. The first-order valence-electron chi connectivity index (χ1n) is 12.0. The minimum atomic E-state index is -0.912. The summed E-state index contributed by atoms with van der Waals surface area (Å²) in [4.78, 5) is 11.7. The van der Waals surface area contributed by atoms with Crippen LogP contribution >= 0.6 is 0 Å². The Hall–Kier alpha value is -1.73. The topological polar surface area (TPSA) is 63.2 Å². The molecule has 182 valence electrons. The molecule has 1 atom stereocenters. The van der Waals surface area contributed by atoms with Gasteiger partial charge in [-0.05, 0) is 46.6 Å². The van der Waals surface area contributed by atoms with E-state index in [4.69, 9.17) is 23.7 Å². The van der Waals surface area contributed by atoms with Gasteiger partial charge < -0.3 is 23.7 Å². The molecule has 0 N–H and O–H groups in total. The quantitative estimate of drug-likeness (QED) is 0.0804. The summed E-state index contributed by atoms with van der Waals surface area (Å²) < 4.78 is 28.7. The van der Waals surface area contributed by atoms with Gasteiger partial charge in [0.2, 0.25) is 0 Å².